The fourth-order valence-corrected chi connectivity index (χ4v) is 1.17. The highest BCUT2D eigenvalue weighted by molar-refractivity contribution is 5.75. The van der Waals surface area contributed by atoms with Crippen LogP contribution in [0.2, 0.25) is 0 Å². The van der Waals surface area contributed by atoms with Gasteiger partial charge < -0.3 is 4.98 Å². The van der Waals surface area contributed by atoms with Gasteiger partial charge in [0.25, 0.3) is 0 Å². The van der Waals surface area contributed by atoms with E-state index < -0.39 is 17.6 Å². The molecule has 0 aliphatic rings. The molecule has 0 amide bonds. The summed E-state index contributed by atoms with van der Waals surface area (Å²) in [6, 6.07) is 1.46. The summed E-state index contributed by atoms with van der Waals surface area (Å²) in [6.45, 7) is 0. The van der Waals surface area contributed by atoms with Crippen molar-refractivity contribution in [2.45, 2.75) is 6.18 Å². The number of hydrogen-bond acceptors (Lipinski definition) is 1. The van der Waals surface area contributed by atoms with Crippen LogP contribution in [0.4, 0.5) is 17.6 Å². The Balaban J connectivity index is 2.71. The van der Waals surface area contributed by atoms with E-state index in [-0.39, 0.29) is 11.0 Å². The van der Waals surface area contributed by atoms with Crippen molar-refractivity contribution in [3.63, 3.8) is 0 Å². The Morgan fingerprint density at radius 3 is 2.57 bits per heavy atom. The number of aromatic amines is 1. The summed E-state index contributed by atoms with van der Waals surface area (Å²) < 4.78 is 49.5. The minimum atomic E-state index is -4.68. The average Bonchev–Trinajstić information content (AvgIpc) is 2.47. The van der Waals surface area contributed by atoms with Crippen LogP contribution in [0, 0.1) is 5.82 Å². The second kappa shape index (κ2) is 2.70. The number of H-pyrrole nitrogens is 1. The molecular formula is C8H4F4N2. The molecule has 1 N–H and O–H groups in total. The zero-order valence-electron chi connectivity index (χ0n) is 6.69. The van der Waals surface area contributed by atoms with Gasteiger partial charge in [-0.3, -0.25) is 0 Å². The van der Waals surface area contributed by atoms with Gasteiger partial charge in [0.15, 0.2) is 0 Å². The number of hydrogen-bond donors (Lipinski definition) is 1. The molecule has 6 heteroatoms. The maximum atomic E-state index is 12.9. The van der Waals surface area contributed by atoms with Crippen LogP contribution >= 0.6 is 0 Å². The van der Waals surface area contributed by atoms with Gasteiger partial charge in [-0.05, 0) is 6.07 Å². The molecule has 0 aliphatic carbocycles. The zero-order chi connectivity index (χ0) is 10.3. The van der Waals surface area contributed by atoms with E-state index >= 15 is 0 Å². The minimum Gasteiger partial charge on any atom is -0.345 e. The van der Waals surface area contributed by atoms with Crippen molar-refractivity contribution in [1.29, 1.82) is 0 Å². The second-order valence-corrected chi connectivity index (χ2v) is 2.75. The minimum absolute atomic E-state index is 0.165. The molecule has 2 nitrogen and oxygen atoms in total. The van der Waals surface area contributed by atoms with Crippen LogP contribution in [0.25, 0.3) is 11.0 Å². The zero-order valence-corrected chi connectivity index (χ0v) is 6.69. The van der Waals surface area contributed by atoms with Gasteiger partial charge in [-0.25, -0.2) is 9.37 Å². The van der Waals surface area contributed by atoms with Gasteiger partial charge in [0.1, 0.15) is 5.82 Å². The molecule has 0 saturated carbocycles. The molecule has 0 bridgehead atoms. The van der Waals surface area contributed by atoms with E-state index in [0.29, 0.717) is 6.07 Å². The molecule has 0 radical (unpaired) electrons. The van der Waals surface area contributed by atoms with Gasteiger partial charge in [0.2, 0.25) is 0 Å². The topological polar surface area (TPSA) is 28.7 Å². The van der Waals surface area contributed by atoms with E-state index in [1.165, 1.54) is 6.33 Å². The van der Waals surface area contributed by atoms with Crippen LogP contribution in [0.1, 0.15) is 5.56 Å². The first-order valence-corrected chi connectivity index (χ1v) is 3.68. The Morgan fingerprint density at radius 1 is 1.21 bits per heavy atom. The lowest BCUT2D eigenvalue weighted by molar-refractivity contribution is -0.139. The monoisotopic (exact) mass is 204 g/mol. The summed E-state index contributed by atoms with van der Waals surface area (Å²) >= 11 is 0. The number of imidazole rings is 1. The van der Waals surface area contributed by atoms with Crippen molar-refractivity contribution < 1.29 is 17.6 Å². The molecule has 14 heavy (non-hydrogen) atoms. The third-order valence-corrected chi connectivity index (χ3v) is 1.81. The number of alkyl halides is 3. The number of fused-ring (bicyclic) bond motifs is 1. The van der Waals surface area contributed by atoms with Crippen molar-refractivity contribution >= 4 is 11.0 Å². The van der Waals surface area contributed by atoms with Crippen molar-refractivity contribution in [1.82, 2.24) is 9.97 Å². The van der Waals surface area contributed by atoms with Crippen LogP contribution in [0.3, 0.4) is 0 Å². The van der Waals surface area contributed by atoms with Crippen molar-refractivity contribution in [2.75, 3.05) is 0 Å². The molecule has 1 aromatic carbocycles. The average molecular weight is 204 g/mol. The second-order valence-electron chi connectivity index (χ2n) is 2.75. The summed E-state index contributed by atoms with van der Waals surface area (Å²) in [7, 11) is 0. The first-order valence-electron chi connectivity index (χ1n) is 3.68. The maximum Gasteiger partial charge on any atom is 0.419 e. The van der Waals surface area contributed by atoms with Crippen LogP contribution in [0.15, 0.2) is 18.5 Å². The van der Waals surface area contributed by atoms with E-state index in [0.717, 1.165) is 6.07 Å². The largest absolute Gasteiger partial charge is 0.419 e. The number of halogens is 4. The van der Waals surface area contributed by atoms with Gasteiger partial charge in [0, 0.05) is 6.07 Å². The van der Waals surface area contributed by atoms with E-state index in [4.69, 9.17) is 0 Å². The highest BCUT2D eigenvalue weighted by Gasteiger charge is 2.34. The van der Waals surface area contributed by atoms with Gasteiger partial charge >= 0.3 is 6.18 Å². The van der Waals surface area contributed by atoms with E-state index in [2.05, 4.69) is 9.97 Å². The summed E-state index contributed by atoms with van der Waals surface area (Å²) in [5, 5.41) is 0. The molecule has 74 valence electrons. The van der Waals surface area contributed by atoms with E-state index in [1.54, 1.807) is 0 Å². The lowest BCUT2D eigenvalue weighted by Crippen LogP contribution is -2.07. The Morgan fingerprint density at radius 2 is 1.93 bits per heavy atom. The standard InChI is InChI=1S/C8H4F4N2/c9-5-2-7-6(13-3-14-7)1-4(5)8(10,11)12/h1-3H,(H,13,14). The first-order chi connectivity index (χ1) is 6.48. The number of nitrogens with zero attached hydrogens (tertiary/aromatic N) is 1. The fourth-order valence-electron chi connectivity index (χ4n) is 1.17. The third-order valence-electron chi connectivity index (χ3n) is 1.81. The summed E-state index contributed by atoms with van der Waals surface area (Å²) in [5.41, 5.74) is -0.941. The van der Waals surface area contributed by atoms with Crippen molar-refractivity contribution in [2.24, 2.45) is 0 Å². The summed E-state index contributed by atoms with van der Waals surface area (Å²) in [6.07, 6.45) is -3.46. The SMILES string of the molecule is Fc1cc2nc[nH]c2cc1C(F)(F)F. The molecule has 0 atom stereocenters. The van der Waals surface area contributed by atoms with Crippen LogP contribution < -0.4 is 0 Å². The molecule has 0 saturated heterocycles. The quantitative estimate of drug-likeness (QED) is 0.656. The molecular weight excluding hydrogens is 200 g/mol. The molecule has 2 aromatic rings. The highest BCUT2D eigenvalue weighted by atomic mass is 19.4. The lowest BCUT2D eigenvalue weighted by atomic mass is 10.2. The van der Waals surface area contributed by atoms with Crippen molar-refractivity contribution in [3.8, 4) is 0 Å². The van der Waals surface area contributed by atoms with Gasteiger partial charge in [-0.2, -0.15) is 13.2 Å². The molecule has 1 heterocycles. The fraction of sp³-hybridized carbons (Fsp3) is 0.125. The van der Waals surface area contributed by atoms with Gasteiger partial charge in [0.05, 0.1) is 22.9 Å². The molecule has 0 aliphatic heterocycles. The maximum absolute atomic E-state index is 12.9. The number of benzene rings is 1. The Labute approximate surface area is 75.6 Å². The molecule has 1 aromatic heterocycles. The predicted molar refractivity (Wildman–Crippen MR) is 41.1 cm³/mol. The number of aromatic nitrogens is 2. The summed E-state index contributed by atoms with van der Waals surface area (Å²) in [5.74, 6) is -1.31. The smallest absolute Gasteiger partial charge is 0.345 e. The Hall–Kier alpha value is -1.59. The van der Waals surface area contributed by atoms with E-state index in [9.17, 15) is 17.6 Å². The third kappa shape index (κ3) is 1.32. The van der Waals surface area contributed by atoms with E-state index in [1.807, 2.05) is 0 Å². The Kier molecular flexibility index (Phi) is 1.73. The normalized spacial score (nSPS) is 12.3. The predicted octanol–water partition coefficient (Wildman–Crippen LogP) is 2.72. The molecule has 0 fully saturated rings. The first kappa shape index (κ1) is 8.98. The van der Waals surface area contributed by atoms with Crippen LogP contribution in [-0.4, -0.2) is 9.97 Å². The Bertz CT molecular complexity index is 472. The molecule has 0 spiro atoms. The van der Waals surface area contributed by atoms with Gasteiger partial charge in [-0.1, -0.05) is 0 Å². The molecule has 0 unspecified atom stereocenters. The van der Waals surface area contributed by atoms with Crippen molar-refractivity contribution in [3.05, 3.63) is 29.8 Å². The van der Waals surface area contributed by atoms with Crippen LogP contribution in [0.5, 0.6) is 0 Å². The lowest BCUT2D eigenvalue weighted by Gasteiger charge is -2.06. The van der Waals surface area contributed by atoms with Crippen LogP contribution in [-0.2, 0) is 6.18 Å². The number of rotatable bonds is 0. The van der Waals surface area contributed by atoms with Gasteiger partial charge in [-0.15, -0.1) is 0 Å². The highest BCUT2D eigenvalue weighted by Crippen LogP contribution is 2.32. The number of nitrogens with one attached hydrogen (secondary N) is 1. The summed E-state index contributed by atoms with van der Waals surface area (Å²) in [4.78, 5) is 6.12. The molecule has 2 rings (SSSR count).